The summed E-state index contributed by atoms with van der Waals surface area (Å²) in [6, 6.07) is 8.55. The predicted molar refractivity (Wildman–Crippen MR) is 58.7 cm³/mol. The summed E-state index contributed by atoms with van der Waals surface area (Å²) in [5, 5.41) is 7.35. The molecule has 2 heteroatoms. The lowest BCUT2D eigenvalue weighted by Crippen LogP contribution is -2.18. The molecule has 74 valence electrons. The first kappa shape index (κ1) is 9.25. The summed E-state index contributed by atoms with van der Waals surface area (Å²) in [6.45, 7) is 0. The summed E-state index contributed by atoms with van der Waals surface area (Å²) in [5.41, 5.74) is 8.32. The van der Waals surface area contributed by atoms with Gasteiger partial charge in [-0.05, 0) is 36.3 Å². The van der Waals surface area contributed by atoms with Crippen LogP contribution in [0.5, 0.6) is 0 Å². The lowest BCUT2D eigenvalue weighted by atomic mass is 9.81. The van der Waals surface area contributed by atoms with Crippen LogP contribution in [-0.4, -0.2) is 5.84 Å². The molecule has 1 aromatic carbocycles. The summed E-state index contributed by atoms with van der Waals surface area (Å²) >= 11 is 0. The van der Waals surface area contributed by atoms with E-state index in [-0.39, 0.29) is 0 Å². The largest absolute Gasteiger partial charge is 0.388 e. The Morgan fingerprint density at radius 1 is 1.43 bits per heavy atom. The van der Waals surface area contributed by atoms with Crippen LogP contribution in [0.25, 0.3) is 0 Å². The van der Waals surface area contributed by atoms with E-state index in [2.05, 4.69) is 24.3 Å². The van der Waals surface area contributed by atoms with Gasteiger partial charge in [0.1, 0.15) is 0 Å². The second-order valence-electron chi connectivity index (χ2n) is 4.02. The van der Waals surface area contributed by atoms with E-state index in [0.717, 1.165) is 6.42 Å². The normalized spacial score (nSPS) is 20.1. The first-order valence-corrected chi connectivity index (χ1v) is 5.18. The topological polar surface area (TPSA) is 49.9 Å². The minimum Gasteiger partial charge on any atom is -0.388 e. The van der Waals surface area contributed by atoms with Gasteiger partial charge in [-0.3, -0.25) is 5.41 Å². The number of hydrogen-bond donors (Lipinski definition) is 2. The van der Waals surface area contributed by atoms with Crippen LogP contribution < -0.4 is 5.73 Å². The van der Waals surface area contributed by atoms with Crippen molar-refractivity contribution in [1.82, 2.24) is 0 Å². The Morgan fingerprint density at radius 3 is 3.00 bits per heavy atom. The van der Waals surface area contributed by atoms with E-state index in [1.807, 2.05) is 0 Å². The van der Waals surface area contributed by atoms with E-state index >= 15 is 0 Å². The summed E-state index contributed by atoms with van der Waals surface area (Å²) in [4.78, 5) is 0. The molecule has 1 aliphatic carbocycles. The first-order chi connectivity index (χ1) is 6.77. The van der Waals surface area contributed by atoms with Gasteiger partial charge in [0, 0.05) is 6.42 Å². The molecular formula is C12H16N2. The molecule has 2 rings (SSSR count). The number of benzene rings is 1. The number of rotatable bonds is 2. The lowest BCUT2D eigenvalue weighted by molar-refractivity contribution is 0.565. The lowest BCUT2D eigenvalue weighted by Gasteiger charge is -2.24. The van der Waals surface area contributed by atoms with Gasteiger partial charge < -0.3 is 5.73 Å². The van der Waals surface area contributed by atoms with Crippen LogP contribution in [0.15, 0.2) is 24.3 Å². The first-order valence-electron chi connectivity index (χ1n) is 5.18. The summed E-state index contributed by atoms with van der Waals surface area (Å²) < 4.78 is 0. The second kappa shape index (κ2) is 3.82. The maximum atomic E-state index is 7.35. The molecular weight excluding hydrogens is 172 g/mol. The molecule has 2 nitrogen and oxygen atoms in total. The zero-order valence-corrected chi connectivity index (χ0v) is 8.29. The minimum absolute atomic E-state index is 0.312. The third-order valence-corrected chi connectivity index (χ3v) is 2.96. The fourth-order valence-corrected chi connectivity index (χ4v) is 2.33. The van der Waals surface area contributed by atoms with Gasteiger partial charge >= 0.3 is 0 Å². The molecule has 0 aliphatic heterocycles. The highest BCUT2D eigenvalue weighted by atomic mass is 14.7. The van der Waals surface area contributed by atoms with E-state index in [4.69, 9.17) is 11.1 Å². The monoisotopic (exact) mass is 188 g/mol. The average Bonchev–Trinajstić information content (AvgIpc) is 2.18. The molecule has 0 saturated heterocycles. The van der Waals surface area contributed by atoms with Gasteiger partial charge in [0.25, 0.3) is 0 Å². The number of aryl methyl sites for hydroxylation is 1. The third-order valence-electron chi connectivity index (χ3n) is 2.96. The summed E-state index contributed by atoms with van der Waals surface area (Å²) in [6.07, 6.45) is 4.31. The quantitative estimate of drug-likeness (QED) is 0.543. The Morgan fingerprint density at radius 2 is 2.21 bits per heavy atom. The number of fused-ring (bicyclic) bond motifs is 1. The summed E-state index contributed by atoms with van der Waals surface area (Å²) in [5.74, 6) is 0.796. The van der Waals surface area contributed by atoms with Crippen LogP contribution in [-0.2, 0) is 6.42 Å². The van der Waals surface area contributed by atoms with E-state index in [1.165, 1.54) is 30.4 Å². The van der Waals surface area contributed by atoms with Gasteiger partial charge in [-0.2, -0.15) is 0 Å². The molecule has 0 saturated carbocycles. The molecule has 0 spiro atoms. The van der Waals surface area contributed by atoms with Crippen molar-refractivity contribution in [3.8, 4) is 0 Å². The molecule has 0 heterocycles. The smallest absolute Gasteiger partial charge is 0.0911 e. The van der Waals surface area contributed by atoms with Crippen LogP contribution in [0, 0.1) is 5.41 Å². The van der Waals surface area contributed by atoms with E-state index in [1.54, 1.807) is 0 Å². The van der Waals surface area contributed by atoms with Crippen LogP contribution >= 0.6 is 0 Å². The van der Waals surface area contributed by atoms with Crippen molar-refractivity contribution in [1.29, 1.82) is 5.41 Å². The van der Waals surface area contributed by atoms with Crippen molar-refractivity contribution in [3.63, 3.8) is 0 Å². The van der Waals surface area contributed by atoms with Crippen molar-refractivity contribution < 1.29 is 0 Å². The molecule has 1 unspecified atom stereocenters. The molecule has 0 fully saturated rings. The Kier molecular flexibility index (Phi) is 2.53. The molecule has 0 radical (unpaired) electrons. The Bertz CT molecular complexity index is 344. The standard InChI is InChI=1S/C12H16N2/c13-12(14)8-10-6-3-5-9-4-1-2-7-11(9)10/h1-2,4,7,10H,3,5-6,8H2,(H3,13,14). The molecule has 3 N–H and O–H groups in total. The fraction of sp³-hybridized carbons (Fsp3) is 0.417. The Balaban J connectivity index is 2.26. The van der Waals surface area contributed by atoms with Gasteiger partial charge in [-0.25, -0.2) is 0 Å². The zero-order chi connectivity index (χ0) is 9.97. The van der Waals surface area contributed by atoms with Crippen molar-refractivity contribution in [2.45, 2.75) is 31.6 Å². The maximum absolute atomic E-state index is 7.35. The van der Waals surface area contributed by atoms with E-state index < -0.39 is 0 Å². The number of amidine groups is 1. The Hall–Kier alpha value is -1.31. The van der Waals surface area contributed by atoms with Gasteiger partial charge in [0.2, 0.25) is 0 Å². The van der Waals surface area contributed by atoms with E-state index in [0.29, 0.717) is 11.8 Å². The van der Waals surface area contributed by atoms with Crippen LogP contribution in [0.1, 0.15) is 36.3 Å². The Labute approximate surface area is 84.6 Å². The molecule has 0 bridgehead atoms. The maximum Gasteiger partial charge on any atom is 0.0911 e. The molecule has 1 aromatic rings. The van der Waals surface area contributed by atoms with Gasteiger partial charge in [-0.1, -0.05) is 24.3 Å². The molecule has 1 atom stereocenters. The predicted octanol–water partition coefficient (Wildman–Crippen LogP) is 2.43. The van der Waals surface area contributed by atoms with Crippen LogP contribution in [0.3, 0.4) is 0 Å². The number of nitrogens with two attached hydrogens (primary N) is 1. The molecule has 14 heavy (non-hydrogen) atoms. The highest BCUT2D eigenvalue weighted by molar-refractivity contribution is 5.77. The van der Waals surface area contributed by atoms with Crippen molar-refractivity contribution in [3.05, 3.63) is 35.4 Å². The second-order valence-corrected chi connectivity index (χ2v) is 4.02. The highest BCUT2D eigenvalue weighted by Gasteiger charge is 2.19. The average molecular weight is 188 g/mol. The molecule has 0 aromatic heterocycles. The third kappa shape index (κ3) is 1.79. The minimum atomic E-state index is 0.312. The van der Waals surface area contributed by atoms with Crippen LogP contribution in [0.2, 0.25) is 0 Å². The number of nitrogens with one attached hydrogen (secondary N) is 1. The zero-order valence-electron chi connectivity index (χ0n) is 8.29. The molecule has 0 amide bonds. The fourth-order valence-electron chi connectivity index (χ4n) is 2.33. The highest BCUT2D eigenvalue weighted by Crippen LogP contribution is 2.33. The van der Waals surface area contributed by atoms with Crippen LogP contribution in [0.4, 0.5) is 0 Å². The summed E-state index contributed by atoms with van der Waals surface area (Å²) in [7, 11) is 0. The van der Waals surface area contributed by atoms with Crippen molar-refractivity contribution >= 4 is 5.84 Å². The van der Waals surface area contributed by atoms with Gasteiger partial charge in [-0.15, -0.1) is 0 Å². The van der Waals surface area contributed by atoms with Gasteiger partial charge in [0.15, 0.2) is 0 Å². The van der Waals surface area contributed by atoms with E-state index in [9.17, 15) is 0 Å². The van der Waals surface area contributed by atoms with Gasteiger partial charge in [0.05, 0.1) is 5.84 Å². The number of hydrogen-bond acceptors (Lipinski definition) is 1. The SMILES string of the molecule is N=C(N)CC1CCCc2ccccc21. The van der Waals surface area contributed by atoms with Crippen molar-refractivity contribution in [2.75, 3.05) is 0 Å². The van der Waals surface area contributed by atoms with Crippen molar-refractivity contribution in [2.24, 2.45) is 5.73 Å². The molecule has 1 aliphatic rings.